The van der Waals surface area contributed by atoms with Crippen LogP contribution >= 0.6 is 12.2 Å². The second-order valence-corrected chi connectivity index (χ2v) is 7.09. The molecule has 3 rings (SSSR count). The molecule has 1 atom stereocenters. The number of aromatic amines is 1. The minimum Gasteiger partial charge on any atom is -0.342 e. The molecule has 24 heavy (non-hydrogen) atoms. The van der Waals surface area contributed by atoms with Gasteiger partial charge in [-0.2, -0.15) is 5.10 Å². The van der Waals surface area contributed by atoms with Crippen molar-refractivity contribution in [2.75, 3.05) is 13.1 Å². The van der Waals surface area contributed by atoms with Crippen molar-refractivity contribution in [1.82, 2.24) is 19.7 Å². The molecule has 128 valence electrons. The van der Waals surface area contributed by atoms with Gasteiger partial charge >= 0.3 is 0 Å². The first kappa shape index (κ1) is 16.9. The predicted octanol–water partition coefficient (Wildman–Crippen LogP) is 3.56. The van der Waals surface area contributed by atoms with Crippen LogP contribution in [-0.2, 0) is 11.3 Å². The van der Waals surface area contributed by atoms with Crippen LogP contribution in [0.3, 0.4) is 0 Å². The summed E-state index contributed by atoms with van der Waals surface area (Å²) in [6, 6.07) is 8.17. The molecular weight excluding hydrogens is 320 g/mol. The van der Waals surface area contributed by atoms with Crippen LogP contribution in [0.4, 0.5) is 0 Å². The summed E-state index contributed by atoms with van der Waals surface area (Å²) < 4.78 is 2.48. The normalized spacial score (nSPS) is 17.9. The van der Waals surface area contributed by atoms with Crippen LogP contribution in [-0.4, -0.2) is 38.7 Å². The van der Waals surface area contributed by atoms with Crippen LogP contribution in [0.2, 0.25) is 0 Å². The average Bonchev–Trinajstić information content (AvgIpc) is 2.94. The van der Waals surface area contributed by atoms with Crippen LogP contribution in [0.5, 0.6) is 0 Å². The van der Waals surface area contributed by atoms with Gasteiger partial charge in [0.2, 0.25) is 5.91 Å². The number of H-pyrrole nitrogens is 1. The highest BCUT2D eigenvalue weighted by atomic mass is 32.1. The zero-order valence-corrected chi connectivity index (χ0v) is 15.1. The summed E-state index contributed by atoms with van der Waals surface area (Å²) in [6.45, 7) is 6.58. The van der Waals surface area contributed by atoms with E-state index in [-0.39, 0.29) is 5.91 Å². The van der Waals surface area contributed by atoms with E-state index in [0.29, 0.717) is 23.7 Å². The molecule has 1 aliphatic heterocycles. The molecular formula is C18H24N4OS. The summed E-state index contributed by atoms with van der Waals surface area (Å²) >= 11 is 5.35. The maximum atomic E-state index is 12.5. The van der Waals surface area contributed by atoms with Gasteiger partial charge in [-0.1, -0.05) is 36.8 Å². The van der Waals surface area contributed by atoms with Gasteiger partial charge in [0.15, 0.2) is 10.6 Å². The summed E-state index contributed by atoms with van der Waals surface area (Å²) in [5, 5.41) is 7.19. The number of hydrogen-bond acceptors (Lipinski definition) is 3. The van der Waals surface area contributed by atoms with Crippen molar-refractivity contribution < 1.29 is 4.79 Å². The quantitative estimate of drug-likeness (QED) is 0.863. The molecule has 6 heteroatoms. The van der Waals surface area contributed by atoms with Gasteiger partial charge in [0.05, 0.1) is 0 Å². The number of nitrogens with zero attached hydrogens (tertiary/aromatic N) is 3. The number of likely N-dealkylation sites (tertiary alicyclic amines) is 1. The third kappa shape index (κ3) is 3.75. The molecule has 1 saturated heterocycles. The van der Waals surface area contributed by atoms with Crippen molar-refractivity contribution in [3.63, 3.8) is 0 Å². The van der Waals surface area contributed by atoms with E-state index in [4.69, 9.17) is 12.2 Å². The van der Waals surface area contributed by atoms with Gasteiger partial charge in [-0.05, 0) is 37.9 Å². The highest BCUT2D eigenvalue weighted by molar-refractivity contribution is 7.71. The summed E-state index contributed by atoms with van der Waals surface area (Å²) in [4.78, 5) is 14.5. The van der Waals surface area contributed by atoms with Gasteiger partial charge in [0.25, 0.3) is 0 Å². The van der Waals surface area contributed by atoms with Gasteiger partial charge in [-0.25, -0.2) is 0 Å². The maximum Gasteiger partial charge on any atom is 0.224 e. The molecule has 2 heterocycles. The Hall–Kier alpha value is -1.95. The fourth-order valence-corrected chi connectivity index (χ4v) is 3.45. The van der Waals surface area contributed by atoms with Crippen LogP contribution in [0.25, 0.3) is 11.4 Å². The van der Waals surface area contributed by atoms with E-state index in [2.05, 4.69) is 36.2 Å². The number of aromatic nitrogens is 3. The smallest absolute Gasteiger partial charge is 0.224 e. The average molecular weight is 344 g/mol. The van der Waals surface area contributed by atoms with Crippen LogP contribution < -0.4 is 0 Å². The molecule has 0 radical (unpaired) electrons. The van der Waals surface area contributed by atoms with E-state index >= 15 is 0 Å². The molecule has 1 fully saturated rings. The third-order valence-electron chi connectivity index (χ3n) is 4.63. The summed E-state index contributed by atoms with van der Waals surface area (Å²) in [7, 11) is 0. The first-order chi connectivity index (χ1) is 11.5. The van der Waals surface area contributed by atoms with E-state index in [9.17, 15) is 4.79 Å². The monoisotopic (exact) mass is 344 g/mol. The number of aryl methyl sites for hydroxylation is 1. The van der Waals surface area contributed by atoms with Crippen LogP contribution in [0, 0.1) is 17.6 Å². The molecule has 0 spiro atoms. The Labute approximate surface area is 147 Å². The molecule has 1 aromatic heterocycles. The lowest BCUT2D eigenvalue weighted by atomic mass is 10.00. The third-order valence-corrected chi connectivity index (χ3v) is 4.94. The minimum atomic E-state index is 0.208. The number of carbonyl (C=O) groups excluding carboxylic acids is 1. The SMILES string of the molecule is Cc1ccc(-c2n[nH]c(=S)n2CCC(=O)N2CCCC(C)C2)cc1. The van der Waals surface area contributed by atoms with Crippen molar-refractivity contribution in [2.24, 2.45) is 5.92 Å². The zero-order valence-electron chi connectivity index (χ0n) is 14.3. The highest BCUT2D eigenvalue weighted by Gasteiger charge is 2.21. The molecule has 1 aliphatic rings. The number of rotatable bonds is 4. The lowest BCUT2D eigenvalue weighted by molar-refractivity contribution is -0.133. The summed E-state index contributed by atoms with van der Waals surface area (Å²) in [5.41, 5.74) is 2.21. The van der Waals surface area contributed by atoms with Crippen molar-refractivity contribution in [1.29, 1.82) is 0 Å². The number of nitrogens with one attached hydrogen (secondary N) is 1. The van der Waals surface area contributed by atoms with Crippen LogP contribution in [0.15, 0.2) is 24.3 Å². The first-order valence-corrected chi connectivity index (χ1v) is 8.95. The Morgan fingerprint density at radius 2 is 2.12 bits per heavy atom. The molecule has 0 aliphatic carbocycles. The van der Waals surface area contributed by atoms with E-state index in [0.717, 1.165) is 30.9 Å². The van der Waals surface area contributed by atoms with E-state index in [1.807, 2.05) is 21.6 Å². The number of hydrogen-bond donors (Lipinski definition) is 1. The van der Waals surface area contributed by atoms with E-state index in [1.165, 1.54) is 12.0 Å². The Morgan fingerprint density at radius 1 is 1.38 bits per heavy atom. The van der Waals surface area contributed by atoms with E-state index in [1.54, 1.807) is 0 Å². The Balaban J connectivity index is 1.71. The topological polar surface area (TPSA) is 53.9 Å². The lowest BCUT2D eigenvalue weighted by Crippen LogP contribution is -2.39. The van der Waals surface area contributed by atoms with E-state index < -0.39 is 0 Å². The first-order valence-electron chi connectivity index (χ1n) is 8.54. The molecule has 1 amide bonds. The van der Waals surface area contributed by atoms with Gasteiger partial charge in [-0.3, -0.25) is 14.5 Å². The Morgan fingerprint density at radius 3 is 2.83 bits per heavy atom. The minimum absolute atomic E-state index is 0.208. The molecule has 1 N–H and O–H groups in total. The van der Waals surface area contributed by atoms with Gasteiger partial charge in [0.1, 0.15) is 0 Å². The maximum absolute atomic E-state index is 12.5. The van der Waals surface area contributed by atoms with Gasteiger partial charge in [-0.15, -0.1) is 0 Å². The molecule has 2 aromatic rings. The largest absolute Gasteiger partial charge is 0.342 e. The zero-order chi connectivity index (χ0) is 17.1. The standard InChI is InChI=1S/C18H24N4OS/c1-13-5-7-15(8-6-13)17-19-20-18(24)22(17)11-9-16(23)21-10-3-4-14(2)12-21/h5-8,14H,3-4,9-12H2,1-2H3,(H,20,24). The fraction of sp³-hybridized carbons (Fsp3) is 0.500. The second kappa shape index (κ2) is 7.30. The fourth-order valence-electron chi connectivity index (χ4n) is 3.23. The van der Waals surface area contributed by atoms with Gasteiger partial charge < -0.3 is 4.90 Å². The number of carbonyl (C=O) groups is 1. The predicted molar refractivity (Wildman–Crippen MR) is 97.2 cm³/mol. The summed E-state index contributed by atoms with van der Waals surface area (Å²) in [5.74, 6) is 1.60. The number of amides is 1. The molecule has 0 saturated carbocycles. The van der Waals surface area contributed by atoms with Crippen molar-refractivity contribution in [3.8, 4) is 11.4 Å². The number of benzene rings is 1. The molecule has 5 nitrogen and oxygen atoms in total. The Kier molecular flexibility index (Phi) is 5.14. The van der Waals surface area contributed by atoms with Crippen LogP contribution in [0.1, 0.15) is 31.7 Å². The van der Waals surface area contributed by atoms with Crippen molar-refractivity contribution in [3.05, 3.63) is 34.6 Å². The van der Waals surface area contributed by atoms with Crippen molar-refractivity contribution >= 4 is 18.1 Å². The highest BCUT2D eigenvalue weighted by Crippen LogP contribution is 2.20. The molecule has 1 aromatic carbocycles. The molecule has 0 bridgehead atoms. The van der Waals surface area contributed by atoms with Gasteiger partial charge in [0, 0.05) is 31.6 Å². The molecule has 1 unspecified atom stereocenters. The van der Waals surface area contributed by atoms with Crippen molar-refractivity contribution in [2.45, 2.75) is 39.7 Å². The summed E-state index contributed by atoms with van der Waals surface area (Å²) in [6.07, 6.45) is 2.78. The lowest BCUT2D eigenvalue weighted by Gasteiger charge is -2.31. The number of piperidine rings is 1. The second-order valence-electron chi connectivity index (χ2n) is 6.71. The Bertz CT molecular complexity index is 762.